The van der Waals surface area contributed by atoms with E-state index in [1.807, 2.05) is 12.1 Å². The van der Waals surface area contributed by atoms with Crippen molar-refractivity contribution in [1.82, 2.24) is 14.1 Å². The van der Waals surface area contributed by atoms with Crippen LogP contribution >= 0.6 is 0 Å². The SMILES string of the molecule is c1ccc(-c2ccc3nc(-c4cccc(-n5c6ccccc6c6cc(-c7cccc8c7oc7ccccc78)ccc65)c4)n(-c4ccccc4)c3c2)cc1. The number of nitrogens with zero attached hydrogens (tertiary/aromatic N) is 3. The number of hydrogen-bond donors (Lipinski definition) is 0. The van der Waals surface area contributed by atoms with Crippen molar-refractivity contribution < 1.29 is 4.42 Å². The van der Waals surface area contributed by atoms with Crippen molar-refractivity contribution in [3.05, 3.63) is 188 Å². The monoisotopic (exact) mass is 677 g/mol. The van der Waals surface area contributed by atoms with Crippen molar-refractivity contribution >= 4 is 54.8 Å². The molecule has 248 valence electrons. The van der Waals surface area contributed by atoms with Gasteiger partial charge in [0, 0.05) is 44.0 Å². The zero-order valence-electron chi connectivity index (χ0n) is 28.6. The minimum absolute atomic E-state index is 0.903. The van der Waals surface area contributed by atoms with Crippen molar-refractivity contribution in [2.45, 2.75) is 0 Å². The van der Waals surface area contributed by atoms with Crippen LogP contribution in [0.25, 0.3) is 99.8 Å². The van der Waals surface area contributed by atoms with Crippen LogP contribution in [0, 0.1) is 0 Å². The number of rotatable bonds is 5. The topological polar surface area (TPSA) is 35.9 Å². The standard InChI is InChI=1S/C49H31N3O/c1-3-13-32(14-4-1)33-25-27-43-46(31-33)52(36-16-5-2-6-17-36)49(50-43)35-15-11-18-37(29-35)51-44-23-9-7-19-39(44)42-30-34(26-28-45(42)51)38-21-12-22-41-40-20-8-10-24-47(40)53-48(38)41/h1-31H. The normalized spacial score (nSPS) is 11.8. The number of para-hydroxylation sites is 4. The molecular weight excluding hydrogens is 647 g/mol. The van der Waals surface area contributed by atoms with Crippen LogP contribution < -0.4 is 0 Å². The zero-order valence-corrected chi connectivity index (χ0v) is 28.6. The van der Waals surface area contributed by atoms with E-state index in [2.05, 4.69) is 185 Å². The van der Waals surface area contributed by atoms with E-state index < -0.39 is 0 Å². The molecule has 0 fully saturated rings. The van der Waals surface area contributed by atoms with Gasteiger partial charge in [-0.2, -0.15) is 0 Å². The zero-order chi connectivity index (χ0) is 34.9. The van der Waals surface area contributed by atoms with E-state index >= 15 is 0 Å². The number of furan rings is 1. The number of fused-ring (bicyclic) bond motifs is 7. The van der Waals surface area contributed by atoms with Crippen molar-refractivity contribution in [3.8, 4) is 45.0 Å². The molecule has 0 N–H and O–H groups in total. The maximum absolute atomic E-state index is 6.45. The highest BCUT2D eigenvalue weighted by atomic mass is 16.3. The van der Waals surface area contributed by atoms with Gasteiger partial charge in [0.15, 0.2) is 0 Å². The molecule has 11 rings (SSSR count). The second-order valence-electron chi connectivity index (χ2n) is 13.6. The van der Waals surface area contributed by atoms with Crippen LogP contribution in [0.3, 0.4) is 0 Å². The molecule has 4 nitrogen and oxygen atoms in total. The Balaban J connectivity index is 1.09. The van der Waals surface area contributed by atoms with Crippen LogP contribution in [-0.2, 0) is 0 Å². The molecule has 0 spiro atoms. The Bertz CT molecular complexity index is 3170. The van der Waals surface area contributed by atoms with Gasteiger partial charge in [0.05, 0.1) is 22.1 Å². The maximum Gasteiger partial charge on any atom is 0.145 e. The predicted molar refractivity (Wildman–Crippen MR) is 219 cm³/mol. The second-order valence-corrected chi connectivity index (χ2v) is 13.6. The fraction of sp³-hybridized carbons (Fsp3) is 0. The molecule has 11 aromatic rings. The van der Waals surface area contributed by atoms with E-state index in [1.54, 1.807) is 0 Å². The Hall–Kier alpha value is -7.17. The van der Waals surface area contributed by atoms with E-state index in [-0.39, 0.29) is 0 Å². The lowest BCUT2D eigenvalue weighted by molar-refractivity contribution is 0.670. The molecule has 0 saturated carbocycles. The first-order valence-electron chi connectivity index (χ1n) is 18.0. The summed E-state index contributed by atoms with van der Waals surface area (Å²) in [5.74, 6) is 0.903. The summed E-state index contributed by atoms with van der Waals surface area (Å²) in [6.45, 7) is 0. The summed E-state index contributed by atoms with van der Waals surface area (Å²) >= 11 is 0. The van der Waals surface area contributed by atoms with Gasteiger partial charge in [-0.25, -0.2) is 4.98 Å². The van der Waals surface area contributed by atoms with Crippen molar-refractivity contribution in [2.24, 2.45) is 0 Å². The third-order valence-electron chi connectivity index (χ3n) is 10.5. The van der Waals surface area contributed by atoms with Gasteiger partial charge in [0.25, 0.3) is 0 Å². The average molecular weight is 678 g/mol. The van der Waals surface area contributed by atoms with Gasteiger partial charge >= 0.3 is 0 Å². The Morgan fingerprint density at radius 1 is 0.377 bits per heavy atom. The molecule has 53 heavy (non-hydrogen) atoms. The highest BCUT2D eigenvalue weighted by Gasteiger charge is 2.19. The molecule has 0 bridgehead atoms. The van der Waals surface area contributed by atoms with Crippen molar-refractivity contribution in [3.63, 3.8) is 0 Å². The van der Waals surface area contributed by atoms with Crippen LogP contribution in [0.2, 0.25) is 0 Å². The Morgan fingerprint density at radius 3 is 1.94 bits per heavy atom. The highest BCUT2D eigenvalue weighted by Crippen LogP contribution is 2.40. The van der Waals surface area contributed by atoms with E-state index in [0.29, 0.717) is 0 Å². The first-order chi connectivity index (χ1) is 26.3. The lowest BCUT2D eigenvalue weighted by atomic mass is 10.0. The molecule has 0 atom stereocenters. The third kappa shape index (κ3) is 4.66. The van der Waals surface area contributed by atoms with Crippen LogP contribution in [0.1, 0.15) is 0 Å². The van der Waals surface area contributed by atoms with Gasteiger partial charge in [-0.05, 0) is 77.4 Å². The molecule has 0 aliphatic carbocycles. The molecule has 0 saturated heterocycles. The summed E-state index contributed by atoms with van der Waals surface area (Å²) < 4.78 is 11.1. The number of benzene rings is 8. The van der Waals surface area contributed by atoms with E-state index in [1.165, 1.54) is 16.3 Å². The fourth-order valence-corrected chi connectivity index (χ4v) is 8.09. The Labute approximate surface area is 305 Å². The van der Waals surface area contributed by atoms with Crippen molar-refractivity contribution in [2.75, 3.05) is 0 Å². The van der Waals surface area contributed by atoms with Crippen LogP contribution in [0.5, 0.6) is 0 Å². The number of hydrogen-bond acceptors (Lipinski definition) is 2. The predicted octanol–water partition coefficient (Wildman–Crippen LogP) is 13.0. The highest BCUT2D eigenvalue weighted by molar-refractivity contribution is 6.13. The molecule has 0 radical (unpaired) electrons. The lowest BCUT2D eigenvalue weighted by Crippen LogP contribution is -1.99. The molecule has 4 heteroatoms. The van der Waals surface area contributed by atoms with E-state index in [4.69, 9.17) is 9.40 Å². The van der Waals surface area contributed by atoms with Gasteiger partial charge in [0.2, 0.25) is 0 Å². The largest absolute Gasteiger partial charge is 0.455 e. The van der Waals surface area contributed by atoms with E-state index in [9.17, 15) is 0 Å². The lowest BCUT2D eigenvalue weighted by Gasteiger charge is -2.13. The van der Waals surface area contributed by atoms with Gasteiger partial charge in [-0.15, -0.1) is 0 Å². The number of imidazole rings is 1. The van der Waals surface area contributed by atoms with Gasteiger partial charge in [-0.3, -0.25) is 4.57 Å². The summed E-state index contributed by atoms with van der Waals surface area (Å²) in [6.07, 6.45) is 0. The second kappa shape index (κ2) is 11.7. The minimum atomic E-state index is 0.903. The summed E-state index contributed by atoms with van der Waals surface area (Å²) in [5, 5.41) is 4.67. The Morgan fingerprint density at radius 2 is 1.06 bits per heavy atom. The molecule has 0 aliphatic rings. The average Bonchev–Trinajstić information content (AvgIpc) is 3.91. The smallest absolute Gasteiger partial charge is 0.145 e. The summed E-state index contributed by atoms with van der Waals surface area (Å²) in [7, 11) is 0. The summed E-state index contributed by atoms with van der Waals surface area (Å²) in [5.41, 5.74) is 13.9. The number of aromatic nitrogens is 3. The molecule has 0 amide bonds. The van der Waals surface area contributed by atoms with Crippen LogP contribution in [0.15, 0.2) is 192 Å². The van der Waals surface area contributed by atoms with Crippen LogP contribution in [0.4, 0.5) is 0 Å². The first-order valence-corrected chi connectivity index (χ1v) is 18.0. The van der Waals surface area contributed by atoms with Crippen molar-refractivity contribution in [1.29, 1.82) is 0 Å². The first kappa shape index (κ1) is 29.5. The molecule has 3 heterocycles. The minimum Gasteiger partial charge on any atom is -0.455 e. The summed E-state index contributed by atoms with van der Waals surface area (Å²) in [6, 6.07) is 66.6. The van der Waals surface area contributed by atoms with Gasteiger partial charge in [0.1, 0.15) is 17.0 Å². The summed E-state index contributed by atoms with van der Waals surface area (Å²) in [4.78, 5) is 5.27. The van der Waals surface area contributed by atoms with Gasteiger partial charge < -0.3 is 8.98 Å². The maximum atomic E-state index is 6.45. The van der Waals surface area contributed by atoms with Crippen LogP contribution in [-0.4, -0.2) is 14.1 Å². The third-order valence-corrected chi connectivity index (χ3v) is 10.5. The molecule has 0 unspecified atom stereocenters. The molecule has 0 aliphatic heterocycles. The molecule has 8 aromatic carbocycles. The fourth-order valence-electron chi connectivity index (χ4n) is 8.09. The molecular formula is C49H31N3O. The van der Waals surface area contributed by atoms with Gasteiger partial charge in [-0.1, -0.05) is 127 Å². The molecule has 3 aromatic heterocycles. The Kier molecular flexibility index (Phi) is 6.52. The van der Waals surface area contributed by atoms with E-state index in [0.717, 1.165) is 83.5 Å². The quantitative estimate of drug-likeness (QED) is 0.182.